The van der Waals surface area contributed by atoms with Crippen LogP contribution in [0.1, 0.15) is 0 Å². The van der Waals surface area contributed by atoms with Crippen molar-refractivity contribution in [2.75, 3.05) is 0 Å². The van der Waals surface area contributed by atoms with Gasteiger partial charge in [-0.25, -0.2) is 9.67 Å². The maximum Gasteiger partial charge on any atom is 0.342 e. The molecule has 0 saturated carbocycles. The van der Waals surface area contributed by atoms with Crippen LogP contribution in [0.3, 0.4) is 0 Å². The first-order valence-corrected chi connectivity index (χ1v) is 5.95. The molecule has 94 valence electrons. The summed E-state index contributed by atoms with van der Waals surface area (Å²) in [5, 5.41) is 4.76. The molecule has 1 aromatic carbocycles. The Bertz CT molecular complexity index is 667. The molecular formula is C13H9ClN4O. The average molecular weight is 273 g/mol. The quantitative estimate of drug-likeness (QED) is 0.735. The van der Waals surface area contributed by atoms with Crippen molar-refractivity contribution in [3.05, 3.63) is 60.0 Å². The predicted molar refractivity (Wildman–Crippen MR) is 70.7 cm³/mol. The van der Waals surface area contributed by atoms with Gasteiger partial charge in [-0.1, -0.05) is 29.8 Å². The van der Waals surface area contributed by atoms with E-state index < -0.39 is 0 Å². The summed E-state index contributed by atoms with van der Waals surface area (Å²) in [6, 6.07) is 13.2. The first-order valence-electron chi connectivity index (χ1n) is 5.58. The lowest BCUT2D eigenvalue weighted by atomic mass is 10.3. The third-order valence-corrected chi connectivity index (χ3v) is 2.61. The van der Waals surface area contributed by atoms with Crippen molar-refractivity contribution in [2.24, 2.45) is 0 Å². The van der Waals surface area contributed by atoms with E-state index >= 15 is 0 Å². The summed E-state index contributed by atoms with van der Waals surface area (Å²) in [4.78, 5) is 8.08. The summed E-state index contributed by atoms with van der Waals surface area (Å²) in [5.74, 6) is 0.398. The van der Waals surface area contributed by atoms with E-state index in [1.54, 1.807) is 23.1 Å². The Hall–Kier alpha value is -2.40. The molecule has 6 heteroatoms. The second-order valence-electron chi connectivity index (χ2n) is 3.72. The van der Waals surface area contributed by atoms with Gasteiger partial charge >= 0.3 is 6.01 Å². The van der Waals surface area contributed by atoms with Gasteiger partial charge in [-0.3, -0.25) is 0 Å². The number of pyridine rings is 1. The minimum Gasteiger partial charge on any atom is -0.404 e. The minimum atomic E-state index is 0.235. The van der Waals surface area contributed by atoms with Crippen LogP contribution in [-0.4, -0.2) is 19.7 Å². The van der Waals surface area contributed by atoms with Crippen molar-refractivity contribution in [3.63, 3.8) is 0 Å². The summed E-state index contributed by atoms with van der Waals surface area (Å²) in [7, 11) is 0. The molecule has 3 aromatic rings. The molecule has 0 bridgehead atoms. The lowest BCUT2D eigenvalue weighted by molar-refractivity contribution is 0.425. The van der Waals surface area contributed by atoms with E-state index in [0.717, 1.165) is 5.69 Å². The molecule has 0 fully saturated rings. The van der Waals surface area contributed by atoms with E-state index in [9.17, 15) is 0 Å². The number of ether oxygens (including phenoxy) is 1. The van der Waals surface area contributed by atoms with E-state index in [1.807, 2.05) is 30.3 Å². The van der Waals surface area contributed by atoms with Gasteiger partial charge in [-0.05, 0) is 18.2 Å². The van der Waals surface area contributed by atoms with Crippen molar-refractivity contribution in [3.8, 4) is 17.6 Å². The fourth-order valence-corrected chi connectivity index (χ4v) is 1.63. The molecule has 19 heavy (non-hydrogen) atoms. The smallest absolute Gasteiger partial charge is 0.342 e. The number of nitrogens with zero attached hydrogens (tertiary/aromatic N) is 4. The normalized spacial score (nSPS) is 10.4. The van der Waals surface area contributed by atoms with Crippen molar-refractivity contribution >= 4 is 11.6 Å². The van der Waals surface area contributed by atoms with Crippen LogP contribution in [0.25, 0.3) is 5.69 Å². The molecule has 0 aliphatic rings. The molecule has 0 radical (unpaired) electrons. The van der Waals surface area contributed by atoms with Crippen molar-refractivity contribution in [1.82, 2.24) is 19.7 Å². The van der Waals surface area contributed by atoms with Crippen LogP contribution in [0.4, 0.5) is 0 Å². The van der Waals surface area contributed by atoms with Gasteiger partial charge in [0.15, 0.2) is 0 Å². The highest BCUT2D eigenvalue weighted by atomic mass is 35.5. The molecule has 0 spiro atoms. The Morgan fingerprint density at radius 2 is 1.84 bits per heavy atom. The lowest BCUT2D eigenvalue weighted by Gasteiger charge is -2.00. The van der Waals surface area contributed by atoms with Gasteiger partial charge in [-0.2, -0.15) is 4.98 Å². The van der Waals surface area contributed by atoms with Crippen LogP contribution < -0.4 is 4.74 Å². The molecule has 0 aliphatic carbocycles. The SMILES string of the molecule is Clc1ccc(Oc2ncn(-c3ccccc3)n2)nc1. The van der Waals surface area contributed by atoms with Crippen LogP contribution in [0.15, 0.2) is 55.0 Å². The zero-order valence-electron chi connectivity index (χ0n) is 9.77. The maximum absolute atomic E-state index is 5.75. The summed E-state index contributed by atoms with van der Waals surface area (Å²) < 4.78 is 7.05. The van der Waals surface area contributed by atoms with Gasteiger partial charge in [-0.15, -0.1) is 5.10 Å². The number of benzene rings is 1. The zero-order valence-corrected chi connectivity index (χ0v) is 10.5. The second kappa shape index (κ2) is 5.07. The Labute approximate surface area is 114 Å². The molecule has 0 saturated heterocycles. The molecule has 0 N–H and O–H groups in total. The van der Waals surface area contributed by atoms with Crippen LogP contribution in [-0.2, 0) is 0 Å². The largest absolute Gasteiger partial charge is 0.404 e. The summed E-state index contributed by atoms with van der Waals surface area (Å²) in [6.45, 7) is 0. The molecule has 2 heterocycles. The van der Waals surface area contributed by atoms with Gasteiger partial charge < -0.3 is 4.74 Å². The van der Waals surface area contributed by atoms with Gasteiger partial charge in [0, 0.05) is 12.3 Å². The van der Waals surface area contributed by atoms with Crippen LogP contribution in [0.2, 0.25) is 5.02 Å². The maximum atomic E-state index is 5.75. The molecule has 3 rings (SSSR count). The fourth-order valence-electron chi connectivity index (χ4n) is 1.52. The molecule has 2 aromatic heterocycles. The highest BCUT2D eigenvalue weighted by Crippen LogP contribution is 2.17. The minimum absolute atomic E-state index is 0.235. The summed E-state index contributed by atoms with van der Waals surface area (Å²) in [5.41, 5.74) is 0.911. The van der Waals surface area contributed by atoms with Gasteiger partial charge in [0.2, 0.25) is 5.88 Å². The number of hydrogen-bond donors (Lipinski definition) is 0. The Morgan fingerprint density at radius 1 is 1.00 bits per heavy atom. The number of aromatic nitrogens is 4. The fraction of sp³-hybridized carbons (Fsp3) is 0. The monoisotopic (exact) mass is 272 g/mol. The average Bonchev–Trinajstić information content (AvgIpc) is 2.91. The number of halogens is 1. The number of hydrogen-bond acceptors (Lipinski definition) is 4. The summed E-state index contributed by atoms with van der Waals surface area (Å²) in [6.07, 6.45) is 3.09. The van der Waals surface area contributed by atoms with Crippen LogP contribution in [0.5, 0.6) is 11.9 Å². The third kappa shape index (κ3) is 2.71. The van der Waals surface area contributed by atoms with E-state index in [0.29, 0.717) is 10.9 Å². The van der Waals surface area contributed by atoms with Crippen molar-refractivity contribution < 1.29 is 4.74 Å². The van der Waals surface area contributed by atoms with Gasteiger partial charge in [0.1, 0.15) is 6.33 Å². The Morgan fingerprint density at radius 3 is 2.58 bits per heavy atom. The van der Waals surface area contributed by atoms with Crippen LogP contribution >= 0.6 is 11.6 Å². The highest BCUT2D eigenvalue weighted by molar-refractivity contribution is 6.30. The molecule has 0 atom stereocenters. The Kier molecular flexibility index (Phi) is 3.12. The molecule has 5 nitrogen and oxygen atoms in total. The number of para-hydroxylation sites is 1. The molecular weight excluding hydrogens is 264 g/mol. The Balaban J connectivity index is 1.80. The van der Waals surface area contributed by atoms with Gasteiger partial charge in [0.05, 0.1) is 10.7 Å². The van der Waals surface area contributed by atoms with E-state index in [1.165, 1.54) is 6.20 Å². The first-order chi connectivity index (χ1) is 9.31. The third-order valence-electron chi connectivity index (χ3n) is 2.39. The summed E-state index contributed by atoms with van der Waals surface area (Å²) >= 11 is 5.75. The van der Waals surface area contributed by atoms with Crippen molar-refractivity contribution in [2.45, 2.75) is 0 Å². The molecule has 0 unspecified atom stereocenters. The zero-order chi connectivity index (χ0) is 13.1. The van der Waals surface area contributed by atoms with Gasteiger partial charge in [0.25, 0.3) is 0 Å². The highest BCUT2D eigenvalue weighted by Gasteiger charge is 2.05. The van der Waals surface area contributed by atoms with E-state index in [4.69, 9.17) is 16.3 Å². The standard InChI is InChI=1S/C13H9ClN4O/c14-10-6-7-12(15-8-10)19-13-16-9-18(17-13)11-4-2-1-3-5-11/h1-9H. The molecule has 0 aliphatic heterocycles. The number of rotatable bonds is 3. The topological polar surface area (TPSA) is 52.8 Å². The predicted octanol–water partition coefficient (Wildman–Crippen LogP) is 3.11. The van der Waals surface area contributed by atoms with E-state index in [-0.39, 0.29) is 6.01 Å². The second-order valence-corrected chi connectivity index (χ2v) is 4.16. The van der Waals surface area contributed by atoms with Crippen molar-refractivity contribution in [1.29, 1.82) is 0 Å². The van der Waals surface area contributed by atoms with Crippen LogP contribution in [0, 0.1) is 0 Å². The lowest BCUT2D eigenvalue weighted by Crippen LogP contribution is -1.95. The molecule has 0 amide bonds. The van der Waals surface area contributed by atoms with E-state index in [2.05, 4.69) is 15.1 Å². The first kappa shape index (κ1) is 11.7.